The molecule has 296 valence electrons. The smallest absolute Gasteiger partial charge is 0.407 e. The minimum atomic E-state index is -0.683. The van der Waals surface area contributed by atoms with Crippen LogP contribution in [-0.4, -0.2) is 93.1 Å². The highest BCUT2D eigenvalue weighted by Gasteiger charge is 2.39. The predicted molar refractivity (Wildman–Crippen MR) is 213 cm³/mol. The monoisotopic (exact) mass is 764 g/mol. The van der Waals surface area contributed by atoms with Gasteiger partial charge in [-0.15, -0.1) is 0 Å². The number of rotatable bonds is 12. The van der Waals surface area contributed by atoms with Crippen molar-refractivity contribution in [1.29, 1.82) is 0 Å². The van der Waals surface area contributed by atoms with Gasteiger partial charge in [-0.25, -0.2) is 19.6 Å². The summed E-state index contributed by atoms with van der Waals surface area (Å²) in [6, 6.07) is 14.6. The van der Waals surface area contributed by atoms with Crippen LogP contribution in [0.3, 0.4) is 0 Å². The number of H-pyrrole nitrogens is 2. The number of imidazole rings is 2. The van der Waals surface area contributed by atoms with Gasteiger partial charge in [-0.2, -0.15) is 0 Å². The Morgan fingerprint density at radius 1 is 0.661 bits per heavy atom. The van der Waals surface area contributed by atoms with Gasteiger partial charge in [-0.1, -0.05) is 88.4 Å². The van der Waals surface area contributed by atoms with Gasteiger partial charge in [0.1, 0.15) is 23.7 Å². The number of carbonyl (C=O) groups excluding carboxylic acids is 4. The van der Waals surface area contributed by atoms with Crippen LogP contribution in [0.5, 0.6) is 0 Å². The van der Waals surface area contributed by atoms with Gasteiger partial charge in [0.2, 0.25) is 11.8 Å². The summed E-state index contributed by atoms with van der Waals surface area (Å²) in [6.07, 6.45) is 9.75. The predicted octanol–water partition coefficient (Wildman–Crippen LogP) is 6.73. The van der Waals surface area contributed by atoms with Crippen molar-refractivity contribution >= 4 is 36.2 Å². The van der Waals surface area contributed by atoms with Gasteiger partial charge in [-0.05, 0) is 59.8 Å². The Balaban J connectivity index is 1.06. The molecule has 0 radical (unpaired) electrons. The van der Waals surface area contributed by atoms with Crippen LogP contribution in [0.15, 0.2) is 60.9 Å². The first-order chi connectivity index (χ1) is 27.0. The fourth-order valence-corrected chi connectivity index (χ4v) is 7.43. The third kappa shape index (κ3) is 8.96. The molecule has 14 nitrogen and oxygen atoms in total. The van der Waals surface area contributed by atoms with E-state index in [0.717, 1.165) is 71.0 Å². The van der Waals surface area contributed by atoms with Gasteiger partial charge < -0.3 is 39.9 Å². The molecule has 2 fully saturated rings. The molecule has 0 aliphatic carbocycles. The molecule has 2 aromatic heterocycles. The van der Waals surface area contributed by atoms with Crippen molar-refractivity contribution in [2.45, 2.75) is 77.5 Å². The Bertz CT molecular complexity index is 1870. The van der Waals surface area contributed by atoms with E-state index in [1.807, 2.05) is 52.0 Å². The van der Waals surface area contributed by atoms with Crippen LogP contribution in [0, 0.1) is 11.8 Å². The van der Waals surface area contributed by atoms with Crippen molar-refractivity contribution in [1.82, 2.24) is 40.4 Å². The minimum Gasteiger partial charge on any atom is -0.453 e. The molecular weight excluding hydrogens is 713 g/mol. The number of likely N-dealkylation sites (tertiary alicyclic amines) is 2. The van der Waals surface area contributed by atoms with Gasteiger partial charge in [0.25, 0.3) is 0 Å². The molecule has 0 bridgehead atoms. The maximum Gasteiger partial charge on any atom is 0.407 e. The SMILES string of the molecule is COC(=O)NC(C(=O)N1CCC[C@H]1c1ncc(-c2ccc(/C=C/c3ccc(-c4cnc([C@@H]5CCCN5C(=O)C(NC(=O)OC)C(C)C)[nH]4)cc3)cc2)[nH]1)C(C)C. The number of amides is 4. The zero-order valence-corrected chi connectivity index (χ0v) is 32.9. The number of carbonyl (C=O) groups is 4. The van der Waals surface area contributed by atoms with E-state index in [4.69, 9.17) is 9.47 Å². The van der Waals surface area contributed by atoms with Gasteiger partial charge >= 0.3 is 12.2 Å². The van der Waals surface area contributed by atoms with Crippen LogP contribution in [-0.2, 0) is 19.1 Å². The number of aromatic amines is 2. The maximum atomic E-state index is 13.5. The van der Waals surface area contributed by atoms with E-state index in [1.54, 1.807) is 22.2 Å². The van der Waals surface area contributed by atoms with Crippen molar-refractivity contribution < 1.29 is 28.7 Å². The molecule has 2 aromatic carbocycles. The second-order valence-corrected chi connectivity index (χ2v) is 15.0. The quantitative estimate of drug-likeness (QED) is 0.115. The van der Waals surface area contributed by atoms with Gasteiger partial charge in [0, 0.05) is 13.1 Å². The van der Waals surface area contributed by atoms with E-state index in [2.05, 4.69) is 67.0 Å². The van der Waals surface area contributed by atoms with E-state index in [1.165, 1.54) is 14.2 Å². The first-order valence-corrected chi connectivity index (χ1v) is 19.3. The number of nitrogens with zero attached hydrogens (tertiary/aromatic N) is 4. The zero-order valence-electron chi connectivity index (χ0n) is 32.9. The lowest BCUT2D eigenvalue weighted by Gasteiger charge is -2.30. The number of ether oxygens (including phenoxy) is 2. The second kappa shape index (κ2) is 17.7. The summed E-state index contributed by atoms with van der Waals surface area (Å²) in [5.41, 5.74) is 5.77. The molecule has 4 amide bonds. The molecular formula is C42H52N8O6. The highest BCUT2D eigenvalue weighted by atomic mass is 16.5. The summed E-state index contributed by atoms with van der Waals surface area (Å²) < 4.78 is 9.50. The van der Waals surface area contributed by atoms with Gasteiger partial charge in [0.15, 0.2) is 0 Å². The zero-order chi connectivity index (χ0) is 39.9. The Hall–Kier alpha value is -5.92. The van der Waals surface area contributed by atoms with Crippen molar-refractivity contribution in [3.05, 3.63) is 83.7 Å². The summed E-state index contributed by atoms with van der Waals surface area (Å²) in [5, 5.41) is 5.38. The number of nitrogens with one attached hydrogen (secondary N) is 4. The van der Waals surface area contributed by atoms with Gasteiger partial charge in [-0.3, -0.25) is 9.59 Å². The summed E-state index contributed by atoms with van der Waals surface area (Å²) >= 11 is 0. The number of benzene rings is 2. The van der Waals surface area contributed by atoms with Crippen LogP contribution in [0.2, 0.25) is 0 Å². The van der Waals surface area contributed by atoms with Crippen LogP contribution in [0.25, 0.3) is 34.7 Å². The summed E-state index contributed by atoms with van der Waals surface area (Å²) in [6.45, 7) is 8.80. The third-order valence-electron chi connectivity index (χ3n) is 10.6. The molecule has 2 aliphatic rings. The Morgan fingerprint density at radius 3 is 1.38 bits per heavy atom. The normalized spacial score (nSPS) is 18.1. The molecule has 4 N–H and O–H groups in total. The van der Waals surface area contributed by atoms with Crippen LogP contribution in [0.1, 0.15) is 88.2 Å². The van der Waals surface area contributed by atoms with Crippen LogP contribution < -0.4 is 10.6 Å². The fraction of sp³-hybridized carbons (Fsp3) is 0.429. The highest BCUT2D eigenvalue weighted by Crippen LogP contribution is 2.34. The topological polar surface area (TPSA) is 175 Å². The van der Waals surface area contributed by atoms with Crippen molar-refractivity contribution in [2.75, 3.05) is 27.3 Å². The van der Waals surface area contributed by atoms with Crippen LogP contribution >= 0.6 is 0 Å². The first kappa shape index (κ1) is 39.8. The Morgan fingerprint density at radius 2 is 1.04 bits per heavy atom. The molecule has 14 heteroatoms. The molecule has 0 spiro atoms. The van der Waals surface area contributed by atoms with E-state index in [-0.39, 0.29) is 35.7 Å². The summed E-state index contributed by atoms with van der Waals surface area (Å²) in [5.74, 6) is 0.977. The number of aromatic nitrogens is 4. The van der Waals surface area contributed by atoms with Gasteiger partial charge in [0.05, 0.1) is 50.1 Å². The average Bonchev–Trinajstić information content (AvgIpc) is 4.04. The maximum absolute atomic E-state index is 13.5. The molecule has 4 atom stereocenters. The largest absolute Gasteiger partial charge is 0.453 e. The molecule has 2 aliphatic heterocycles. The molecule has 56 heavy (non-hydrogen) atoms. The first-order valence-electron chi connectivity index (χ1n) is 19.3. The lowest BCUT2D eigenvalue weighted by atomic mass is 10.0. The molecule has 2 unspecified atom stereocenters. The number of hydrogen-bond donors (Lipinski definition) is 4. The van der Waals surface area contributed by atoms with Crippen molar-refractivity contribution in [2.24, 2.45) is 11.8 Å². The van der Waals surface area contributed by atoms with E-state index in [9.17, 15) is 19.2 Å². The van der Waals surface area contributed by atoms with Crippen LogP contribution in [0.4, 0.5) is 9.59 Å². The third-order valence-corrected chi connectivity index (χ3v) is 10.6. The second-order valence-electron chi connectivity index (χ2n) is 15.0. The van der Waals surface area contributed by atoms with E-state index in [0.29, 0.717) is 13.1 Å². The van der Waals surface area contributed by atoms with E-state index >= 15 is 0 Å². The number of alkyl carbamates (subject to hydrolysis) is 2. The highest BCUT2D eigenvalue weighted by molar-refractivity contribution is 5.87. The minimum absolute atomic E-state index is 0.101. The molecule has 4 heterocycles. The molecule has 6 rings (SSSR count). The standard InChI is InChI=1S/C42H52N8O6/c1-25(2)35(47-41(53)55-5)39(51)49-21-7-9-33(49)37-43-23-31(45-37)29-17-13-27(14-18-29)11-12-28-15-19-30(20-16-28)32-24-44-38(46-32)34-10-8-22-50(34)40(52)36(26(3)4)48-42(54)56-6/h11-20,23-26,33-36H,7-10,21-22H2,1-6H3,(H,43,45)(H,44,46)(H,47,53)(H,48,54)/b12-11+/t33-,34-,35?,36?/m0/s1. The Labute approximate surface area is 327 Å². The average molecular weight is 765 g/mol. The molecule has 2 saturated heterocycles. The molecule has 4 aromatic rings. The number of methoxy groups -OCH3 is 2. The summed E-state index contributed by atoms with van der Waals surface area (Å²) in [4.78, 5) is 70.6. The van der Waals surface area contributed by atoms with E-state index < -0.39 is 24.3 Å². The van der Waals surface area contributed by atoms with Crippen molar-refractivity contribution in [3.63, 3.8) is 0 Å². The lowest BCUT2D eigenvalue weighted by molar-refractivity contribution is -0.136. The van der Waals surface area contributed by atoms with Crippen molar-refractivity contribution in [3.8, 4) is 22.5 Å². The lowest BCUT2D eigenvalue weighted by Crippen LogP contribution is -2.51. The fourth-order valence-electron chi connectivity index (χ4n) is 7.43. The summed E-state index contributed by atoms with van der Waals surface area (Å²) in [7, 11) is 2.58. The Kier molecular flexibility index (Phi) is 12.6. The number of hydrogen-bond acceptors (Lipinski definition) is 8. The molecule has 0 saturated carbocycles.